The summed E-state index contributed by atoms with van der Waals surface area (Å²) in [5.41, 5.74) is 1.84. The molecule has 0 fully saturated rings. The van der Waals surface area contributed by atoms with Gasteiger partial charge >= 0.3 is 51.5 Å². The number of carbonyl (C=O) groups excluding carboxylic acids is 1. The second-order valence-electron chi connectivity index (χ2n) is 7.80. The van der Waals surface area contributed by atoms with Gasteiger partial charge in [0.05, 0.1) is 10.7 Å². The molecule has 3 rings (SSSR count). The second-order valence-corrected chi connectivity index (χ2v) is 10.1. The van der Waals surface area contributed by atoms with Gasteiger partial charge in [-0.2, -0.15) is 12.7 Å². The van der Waals surface area contributed by atoms with E-state index in [1.807, 2.05) is 0 Å². The molecule has 0 unspecified atom stereocenters. The standard InChI is InChI=1S/C22H24ClN3O6S.Na.H/c1-13-16-11-18(23)20(32-22(28)25(2)3)12-19(16)31-21(27)17(13)10-14-7-6-8-15(9-14)24-33(29,30)26(4)5;;/h6-9,11-12,24H,10H2,1-5H3;;. The first kappa shape index (κ1) is 28.2. The van der Waals surface area contributed by atoms with Gasteiger partial charge in [0.1, 0.15) is 5.58 Å². The number of nitrogens with zero attached hydrogens (tertiary/aromatic N) is 2. The molecule has 0 aliphatic rings. The molecule has 0 saturated heterocycles. The van der Waals surface area contributed by atoms with E-state index >= 15 is 0 Å². The minimum absolute atomic E-state index is 0. The summed E-state index contributed by atoms with van der Waals surface area (Å²) in [4.78, 5) is 25.9. The number of hydrogen-bond acceptors (Lipinski definition) is 6. The normalized spacial score (nSPS) is 11.3. The van der Waals surface area contributed by atoms with E-state index in [1.54, 1.807) is 37.3 Å². The van der Waals surface area contributed by atoms with Crippen LogP contribution in [-0.2, 0) is 16.6 Å². The van der Waals surface area contributed by atoms with Gasteiger partial charge in [0.15, 0.2) is 5.75 Å². The van der Waals surface area contributed by atoms with E-state index in [4.69, 9.17) is 20.8 Å². The molecule has 2 aromatic carbocycles. The number of rotatable bonds is 6. The van der Waals surface area contributed by atoms with Gasteiger partial charge in [0.25, 0.3) is 0 Å². The van der Waals surface area contributed by atoms with Crippen molar-refractivity contribution in [3.8, 4) is 5.75 Å². The van der Waals surface area contributed by atoms with Crippen molar-refractivity contribution in [2.45, 2.75) is 13.3 Å². The Morgan fingerprint density at radius 2 is 1.82 bits per heavy atom. The van der Waals surface area contributed by atoms with Crippen LogP contribution in [0.4, 0.5) is 10.5 Å². The molecule has 0 aliphatic carbocycles. The van der Waals surface area contributed by atoms with E-state index in [0.717, 1.165) is 4.31 Å². The van der Waals surface area contributed by atoms with E-state index in [2.05, 4.69) is 4.72 Å². The minimum atomic E-state index is -3.66. The molecule has 12 heteroatoms. The number of fused-ring (bicyclic) bond motifs is 1. The molecule has 34 heavy (non-hydrogen) atoms. The van der Waals surface area contributed by atoms with Crippen LogP contribution in [-0.4, -0.2) is 81.5 Å². The third-order valence-corrected chi connectivity index (χ3v) is 6.69. The average molecular weight is 518 g/mol. The summed E-state index contributed by atoms with van der Waals surface area (Å²) < 4.78 is 38.4. The van der Waals surface area contributed by atoms with Crippen molar-refractivity contribution >= 4 is 74.1 Å². The van der Waals surface area contributed by atoms with Crippen LogP contribution in [0, 0.1) is 6.92 Å². The molecular formula is C22H25ClN3NaO6S. The van der Waals surface area contributed by atoms with Crippen molar-refractivity contribution < 1.29 is 22.4 Å². The molecule has 0 spiro atoms. The van der Waals surface area contributed by atoms with Crippen molar-refractivity contribution in [1.82, 2.24) is 9.21 Å². The summed E-state index contributed by atoms with van der Waals surface area (Å²) in [6.45, 7) is 1.77. The third kappa shape index (κ3) is 6.32. The molecule has 0 aliphatic heterocycles. The molecular weight excluding hydrogens is 493 g/mol. The molecule has 0 radical (unpaired) electrons. The first-order chi connectivity index (χ1) is 15.4. The molecule has 3 aromatic rings. The number of ether oxygens (including phenoxy) is 1. The Morgan fingerprint density at radius 1 is 1.15 bits per heavy atom. The van der Waals surface area contributed by atoms with Gasteiger partial charge in [-0.25, -0.2) is 9.59 Å². The van der Waals surface area contributed by atoms with Crippen LogP contribution in [0.15, 0.2) is 45.6 Å². The second kappa shape index (κ2) is 11.1. The Hall–Kier alpha value is -2.08. The predicted octanol–water partition coefficient (Wildman–Crippen LogP) is 2.98. The van der Waals surface area contributed by atoms with Crippen molar-refractivity contribution in [2.75, 3.05) is 32.9 Å². The number of aryl methyl sites for hydroxylation is 1. The van der Waals surface area contributed by atoms with E-state index in [-0.39, 0.29) is 52.3 Å². The Morgan fingerprint density at radius 3 is 2.44 bits per heavy atom. The number of amides is 1. The topological polar surface area (TPSA) is 109 Å². The van der Waals surface area contributed by atoms with Crippen molar-refractivity contribution in [3.63, 3.8) is 0 Å². The van der Waals surface area contributed by atoms with Crippen LogP contribution >= 0.6 is 11.6 Å². The molecule has 9 nitrogen and oxygen atoms in total. The zero-order chi connectivity index (χ0) is 24.5. The fourth-order valence-electron chi connectivity index (χ4n) is 3.05. The molecule has 0 saturated carbocycles. The summed E-state index contributed by atoms with van der Waals surface area (Å²) >= 11 is 6.30. The van der Waals surface area contributed by atoms with Crippen LogP contribution in [0.25, 0.3) is 11.0 Å². The predicted molar refractivity (Wildman–Crippen MR) is 135 cm³/mol. The summed E-state index contributed by atoms with van der Waals surface area (Å²) in [6, 6.07) is 9.75. The molecule has 0 atom stereocenters. The molecule has 1 amide bonds. The van der Waals surface area contributed by atoms with E-state index in [0.29, 0.717) is 27.8 Å². The first-order valence-corrected chi connectivity index (χ1v) is 11.6. The average Bonchev–Trinajstić information content (AvgIpc) is 2.72. The van der Waals surface area contributed by atoms with E-state index < -0.39 is 21.9 Å². The maximum atomic E-state index is 12.8. The number of nitrogens with one attached hydrogen (secondary N) is 1. The molecule has 1 aromatic heterocycles. The SMILES string of the molecule is Cc1c(Cc2cccc(NS(=O)(=O)N(C)C)c2)c(=O)oc2cc(OC(=O)N(C)C)c(Cl)cc12.[NaH]. The zero-order valence-electron chi connectivity index (χ0n) is 18.8. The Kier molecular flexibility index (Phi) is 9.20. The van der Waals surface area contributed by atoms with E-state index in [9.17, 15) is 18.0 Å². The van der Waals surface area contributed by atoms with Gasteiger partial charge in [-0.15, -0.1) is 0 Å². The fraction of sp³-hybridized carbons (Fsp3) is 0.273. The quantitative estimate of drug-likeness (QED) is 0.398. The van der Waals surface area contributed by atoms with Crippen molar-refractivity contribution in [3.05, 3.63) is 68.5 Å². The first-order valence-electron chi connectivity index (χ1n) is 9.83. The Balaban J connectivity index is 0.00000408. The van der Waals surface area contributed by atoms with Gasteiger partial charge in [-0.1, -0.05) is 23.7 Å². The summed E-state index contributed by atoms with van der Waals surface area (Å²) in [5, 5.41) is 0.796. The molecule has 0 bridgehead atoms. The monoisotopic (exact) mass is 517 g/mol. The van der Waals surface area contributed by atoms with Crippen LogP contribution in [0.3, 0.4) is 0 Å². The Labute approximate surface area is 225 Å². The van der Waals surface area contributed by atoms with Gasteiger partial charge in [-0.05, 0) is 36.2 Å². The van der Waals surface area contributed by atoms with Crippen LogP contribution in [0.2, 0.25) is 5.02 Å². The van der Waals surface area contributed by atoms with Crippen LogP contribution in [0.5, 0.6) is 5.75 Å². The third-order valence-electron chi connectivity index (χ3n) is 4.94. The Bertz CT molecular complexity index is 1390. The molecule has 1 N–H and O–H groups in total. The molecule has 1 heterocycles. The summed E-state index contributed by atoms with van der Waals surface area (Å²) in [6.07, 6.45) is -0.395. The summed E-state index contributed by atoms with van der Waals surface area (Å²) in [7, 11) is 2.26. The zero-order valence-corrected chi connectivity index (χ0v) is 20.4. The van der Waals surface area contributed by atoms with Crippen molar-refractivity contribution in [1.29, 1.82) is 0 Å². The van der Waals surface area contributed by atoms with Crippen molar-refractivity contribution in [2.24, 2.45) is 0 Å². The van der Waals surface area contributed by atoms with E-state index in [1.165, 1.54) is 39.2 Å². The molecule has 178 valence electrons. The fourth-order valence-corrected chi connectivity index (χ4v) is 3.86. The number of anilines is 1. The number of halogens is 1. The van der Waals surface area contributed by atoms with Gasteiger partial charge in [-0.3, -0.25) is 4.72 Å². The number of hydrogen-bond donors (Lipinski definition) is 1. The van der Waals surface area contributed by atoms with Crippen LogP contribution < -0.4 is 15.1 Å². The van der Waals surface area contributed by atoms with Gasteiger partial charge in [0, 0.05) is 51.6 Å². The maximum absolute atomic E-state index is 12.8. The number of benzene rings is 2. The van der Waals surface area contributed by atoms with Gasteiger partial charge in [0.2, 0.25) is 0 Å². The van der Waals surface area contributed by atoms with Gasteiger partial charge < -0.3 is 14.1 Å². The summed E-state index contributed by atoms with van der Waals surface area (Å²) in [5.74, 6) is 0.0824. The van der Waals surface area contributed by atoms with Crippen LogP contribution in [0.1, 0.15) is 16.7 Å². The number of carbonyl (C=O) groups is 1.